The van der Waals surface area contributed by atoms with Gasteiger partial charge in [0.2, 0.25) is 0 Å². The van der Waals surface area contributed by atoms with Gasteiger partial charge in [0.1, 0.15) is 17.0 Å². The molecule has 0 aliphatic rings. The van der Waals surface area contributed by atoms with Crippen LogP contribution >= 0.6 is 11.8 Å². The molecular weight excluding hydrogens is 288 g/mol. The van der Waals surface area contributed by atoms with Crippen molar-refractivity contribution >= 4 is 17.4 Å². The zero-order chi connectivity index (χ0) is 14.5. The van der Waals surface area contributed by atoms with Gasteiger partial charge in [0, 0.05) is 26.4 Å². The molecule has 0 spiro atoms. The molecule has 3 rings (SSSR count). The molecule has 0 aliphatic heterocycles. The number of H-pyrrole nitrogens is 1. The van der Waals surface area contributed by atoms with Gasteiger partial charge in [0.25, 0.3) is 0 Å². The smallest absolute Gasteiger partial charge is 0.189 e. The first-order chi connectivity index (χ1) is 10.4. The van der Waals surface area contributed by atoms with Gasteiger partial charge in [-0.25, -0.2) is 9.97 Å². The summed E-state index contributed by atoms with van der Waals surface area (Å²) in [5.41, 5.74) is 2.02. The summed E-state index contributed by atoms with van der Waals surface area (Å²) in [4.78, 5) is 8.79. The first-order valence-corrected chi connectivity index (χ1v) is 7.39. The van der Waals surface area contributed by atoms with E-state index < -0.39 is 0 Å². The van der Waals surface area contributed by atoms with Crippen molar-refractivity contribution in [3.63, 3.8) is 0 Å². The van der Waals surface area contributed by atoms with Crippen LogP contribution in [0.1, 0.15) is 5.69 Å². The Hall–Kier alpha value is -1.90. The third-order valence-corrected chi connectivity index (χ3v) is 3.86. The van der Waals surface area contributed by atoms with E-state index in [1.807, 2.05) is 24.4 Å². The molecule has 0 amide bonds. The van der Waals surface area contributed by atoms with Crippen molar-refractivity contribution in [1.82, 2.24) is 29.9 Å². The fraction of sp³-hybridized carbons (Fsp3) is 0.308. The van der Waals surface area contributed by atoms with Crippen molar-refractivity contribution in [3.8, 4) is 0 Å². The second-order valence-corrected chi connectivity index (χ2v) is 5.33. The van der Waals surface area contributed by atoms with Crippen molar-refractivity contribution < 1.29 is 4.74 Å². The van der Waals surface area contributed by atoms with Crippen LogP contribution in [-0.4, -0.2) is 44.8 Å². The van der Waals surface area contributed by atoms with E-state index in [1.54, 1.807) is 7.11 Å². The number of aromatic amines is 1. The molecule has 0 saturated carbocycles. The Morgan fingerprint density at radius 3 is 3.19 bits per heavy atom. The molecule has 0 saturated heterocycles. The van der Waals surface area contributed by atoms with Gasteiger partial charge in [-0.1, -0.05) is 6.07 Å². The summed E-state index contributed by atoms with van der Waals surface area (Å²) in [6.07, 6.45) is 3.51. The number of ether oxygens (including phenoxy) is 1. The molecule has 0 aliphatic carbocycles. The average Bonchev–Trinajstić information content (AvgIpc) is 3.12. The van der Waals surface area contributed by atoms with Crippen molar-refractivity contribution in [2.24, 2.45) is 0 Å². The van der Waals surface area contributed by atoms with Gasteiger partial charge >= 0.3 is 0 Å². The van der Waals surface area contributed by atoms with Crippen LogP contribution in [0.25, 0.3) is 5.65 Å². The quantitative estimate of drug-likeness (QED) is 0.641. The zero-order valence-corrected chi connectivity index (χ0v) is 12.4. The molecular formula is C13H16N6OS. The maximum absolute atomic E-state index is 5.05. The van der Waals surface area contributed by atoms with Gasteiger partial charge in [0.05, 0.1) is 12.3 Å². The number of hydrogen-bond donors (Lipinski definition) is 2. The number of nitrogens with zero attached hydrogens (tertiary/aromatic N) is 4. The highest BCUT2D eigenvalue weighted by atomic mass is 32.2. The standard InChI is InChI=1S/C13H16N6OS/c1-20-7-5-14-8-10-12(21-13-15-9-16-18-13)17-11-4-2-3-6-19(10)11/h2-4,6,9,14H,5,7-8H2,1H3,(H,15,16,18). The van der Waals surface area contributed by atoms with Crippen molar-refractivity contribution in [2.45, 2.75) is 16.7 Å². The second kappa shape index (κ2) is 6.70. The summed E-state index contributed by atoms with van der Waals surface area (Å²) in [5.74, 6) is 0. The van der Waals surface area contributed by atoms with Gasteiger partial charge in [0.15, 0.2) is 5.16 Å². The summed E-state index contributed by atoms with van der Waals surface area (Å²) in [6.45, 7) is 2.19. The van der Waals surface area contributed by atoms with Gasteiger partial charge in [-0.05, 0) is 23.9 Å². The van der Waals surface area contributed by atoms with Crippen LogP contribution in [0.5, 0.6) is 0 Å². The molecule has 0 fully saturated rings. The molecule has 3 aromatic heterocycles. The largest absolute Gasteiger partial charge is 0.383 e. The van der Waals surface area contributed by atoms with Crippen molar-refractivity contribution in [1.29, 1.82) is 0 Å². The third-order valence-electron chi connectivity index (χ3n) is 2.95. The molecule has 110 valence electrons. The Balaban J connectivity index is 1.86. The van der Waals surface area contributed by atoms with E-state index >= 15 is 0 Å². The van der Waals surface area contributed by atoms with E-state index in [1.165, 1.54) is 18.1 Å². The maximum Gasteiger partial charge on any atom is 0.189 e. The van der Waals surface area contributed by atoms with Crippen LogP contribution in [0.2, 0.25) is 0 Å². The fourth-order valence-electron chi connectivity index (χ4n) is 1.98. The predicted molar refractivity (Wildman–Crippen MR) is 79.3 cm³/mol. The van der Waals surface area contributed by atoms with E-state index in [0.717, 1.165) is 28.1 Å². The topological polar surface area (TPSA) is 80.1 Å². The minimum absolute atomic E-state index is 0.682. The lowest BCUT2D eigenvalue weighted by molar-refractivity contribution is 0.199. The van der Waals surface area contributed by atoms with E-state index in [9.17, 15) is 0 Å². The molecule has 0 unspecified atom stereocenters. The number of pyridine rings is 1. The Morgan fingerprint density at radius 2 is 2.38 bits per heavy atom. The van der Waals surface area contributed by atoms with E-state index in [0.29, 0.717) is 13.2 Å². The van der Waals surface area contributed by atoms with Crippen molar-refractivity contribution in [2.75, 3.05) is 20.3 Å². The summed E-state index contributed by atoms with van der Waals surface area (Å²) >= 11 is 1.48. The number of fused-ring (bicyclic) bond motifs is 1. The zero-order valence-electron chi connectivity index (χ0n) is 11.6. The monoisotopic (exact) mass is 304 g/mol. The number of hydrogen-bond acceptors (Lipinski definition) is 6. The lowest BCUT2D eigenvalue weighted by Gasteiger charge is -2.06. The number of aromatic nitrogens is 5. The molecule has 2 N–H and O–H groups in total. The van der Waals surface area contributed by atoms with Gasteiger partial charge in [-0.3, -0.25) is 5.10 Å². The fourth-order valence-corrected chi connectivity index (χ4v) is 2.79. The van der Waals surface area contributed by atoms with Crippen LogP contribution in [-0.2, 0) is 11.3 Å². The van der Waals surface area contributed by atoms with E-state index in [4.69, 9.17) is 4.74 Å². The van der Waals surface area contributed by atoms with Gasteiger partial charge in [-0.2, -0.15) is 5.10 Å². The number of imidazole rings is 1. The molecule has 0 radical (unpaired) electrons. The van der Waals surface area contributed by atoms with Crippen LogP contribution < -0.4 is 5.32 Å². The van der Waals surface area contributed by atoms with Crippen LogP contribution in [0.3, 0.4) is 0 Å². The number of methoxy groups -OCH3 is 1. The maximum atomic E-state index is 5.05. The van der Waals surface area contributed by atoms with Crippen LogP contribution in [0.15, 0.2) is 40.9 Å². The summed E-state index contributed by atoms with van der Waals surface area (Å²) < 4.78 is 7.13. The predicted octanol–water partition coefficient (Wildman–Crippen LogP) is 1.34. The lowest BCUT2D eigenvalue weighted by atomic mass is 10.4. The Kier molecular flexibility index (Phi) is 4.49. The Bertz CT molecular complexity index is 696. The molecule has 7 nitrogen and oxygen atoms in total. The third kappa shape index (κ3) is 3.23. The second-order valence-electron chi connectivity index (χ2n) is 4.35. The molecule has 8 heteroatoms. The Labute approximate surface area is 126 Å². The first-order valence-electron chi connectivity index (χ1n) is 6.57. The van der Waals surface area contributed by atoms with Gasteiger partial charge in [-0.15, -0.1) is 0 Å². The molecule has 3 aromatic rings. The average molecular weight is 304 g/mol. The highest BCUT2D eigenvalue weighted by molar-refractivity contribution is 7.99. The van der Waals surface area contributed by atoms with Crippen molar-refractivity contribution in [3.05, 3.63) is 36.4 Å². The number of rotatable bonds is 7. The highest BCUT2D eigenvalue weighted by Gasteiger charge is 2.14. The minimum Gasteiger partial charge on any atom is -0.383 e. The van der Waals surface area contributed by atoms with E-state index in [-0.39, 0.29) is 0 Å². The highest BCUT2D eigenvalue weighted by Crippen LogP contribution is 2.27. The van der Waals surface area contributed by atoms with E-state index in [2.05, 4.69) is 29.9 Å². The molecule has 3 heterocycles. The first kappa shape index (κ1) is 14.1. The van der Waals surface area contributed by atoms with Crippen LogP contribution in [0, 0.1) is 0 Å². The van der Waals surface area contributed by atoms with Gasteiger partial charge < -0.3 is 14.5 Å². The molecule has 0 aromatic carbocycles. The molecule has 21 heavy (non-hydrogen) atoms. The number of nitrogens with one attached hydrogen (secondary N) is 2. The Morgan fingerprint density at radius 1 is 1.43 bits per heavy atom. The normalized spacial score (nSPS) is 11.3. The van der Waals surface area contributed by atoms with Crippen LogP contribution in [0.4, 0.5) is 0 Å². The summed E-state index contributed by atoms with van der Waals surface area (Å²) in [6, 6.07) is 5.96. The lowest BCUT2D eigenvalue weighted by Crippen LogP contribution is -2.19. The minimum atomic E-state index is 0.682. The summed E-state index contributed by atoms with van der Waals surface area (Å²) in [5, 5.41) is 11.7. The summed E-state index contributed by atoms with van der Waals surface area (Å²) in [7, 11) is 1.70. The molecule has 0 bridgehead atoms. The molecule has 0 atom stereocenters. The SMILES string of the molecule is COCCNCc1c(Sc2ncn[nH]2)nc2ccccn12.